The van der Waals surface area contributed by atoms with E-state index in [0.29, 0.717) is 19.8 Å². The maximum atomic E-state index is 5.97. The molecule has 0 fully saturated rings. The number of nitrogens with zero attached hydrogens (tertiary/aromatic N) is 2. The van der Waals surface area contributed by atoms with Gasteiger partial charge in [0.15, 0.2) is 0 Å². The van der Waals surface area contributed by atoms with Crippen LogP contribution < -0.4 is 4.74 Å². The number of benzene rings is 1. The van der Waals surface area contributed by atoms with Crippen molar-refractivity contribution >= 4 is 10.9 Å². The van der Waals surface area contributed by atoms with Crippen LogP contribution in [0.2, 0.25) is 0 Å². The number of pyridine rings is 1. The van der Waals surface area contributed by atoms with Crippen molar-refractivity contribution in [3.8, 4) is 17.0 Å². The van der Waals surface area contributed by atoms with Crippen molar-refractivity contribution < 1.29 is 14.2 Å². The first-order valence-corrected chi connectivity index (χ1v) is 8.50. The van der Waals surface area contributed by atoms with Gasteiger partial charge in [-0.2, -0.15) is 5.10 Å². The van der Waals surface area contributed by atoms with Gasteiger partial charge in [0, 0.05) is 23.3 Å². The zero-order valence-corrected chi connectivity index (χ0v) is 14.4. The molecule has 0 radical (unpaired) electrons. The van der Waals surface area contributed by atoms with E-state index in [-0.39, 0.29) is 12.2 Å². The maximum absolute atomic E-state index is 5.97. The minimum absolute atomic E-state index is 0.0435. The number of aromatic nitrogens is 3. The highest BCUT2D eigenvalue weighted by Crippen LogP contribution is 2.31. The molecule has 0 spiro atoms. The lowest BCUT2D eigenvalue weighted by molar-refractivity contribution is -0.00706. The summed E-state index contributed by atoms with van der Waals surface area (Å²) < 4.78 is 17.5. The van der Waals surface area contributed by atoms with E-state index in [1.54, 1.807) is 0 Å². The number of aromatic amines is 1. The molecule has 3 aromatic rings. The van der Waals surface area contributed by atoms with Crippen molar-refractivity contribution in [2.24, 2.45) is 0 Å². The largest absolute Gasteiger partial charge is 0.488 e. The monoisotopic (exact) mass is 339 g/mol. The molecule has 130 valence electrons. The molecule has 0 aliphatic carbocycles. The maximum Gasteiger partial charge on any atom is 0.120 e. The Bertz CT molecular complexity index is 877. The van der Waals surface area contributed by atoms with Crippen LogP contribution in [0.25, 0.3) is 22.2 Å². The predicted molar refractivity (Wildman–Crippen MR) is 94.6 cm³/mol. The summed E-state index contributed by atoms with van der Waals surface area (Å²) in [6.07, 6.45) is 3.55. The van der Waals surface area contributed by atoms with Crippen molar-refractivity contribution in [2.45, 2.75) is 26.1 Å². The fourth-order valence-electron chi connectivity index (χ4n) is 2.99. The lowest BCUT2D eigenvalue weighted by Gasteiger charge is -2.16. The van der Waals surface area contributed by atoms with Crippen LogP contribution in [0.15, 0.2) is 36.7 Å². The van der Waals surface area contributed by atoms with Crippen LogP contribution in [0.1, 0.15) is 25.5 Å². The Hall–Kier alpha value is -2.44. The Morgan fingerprint density at radius 2 is 2.04 bits per heavy atom. The molecule has 3 heterocycles. The molecule has 0 saturated carbocycles. The second kappa shape index (κ2) is 6.82. The SMILES string of the molecule is C[C@@H]1COCCO[C@@H](C)c2cncc(c2)-c2n[nH]c3ccc(cc23)O1. The van der Waals surface area contributed by atoms with E-state index in [1.807, 2.05) is 44.4 Å². The van der Waals surface area contributed by atoms with Gasteiger partial charge < -0.3 is 14.2 Å². The van der Waals surface area contributed by atoms with E-state index in [0.717, 1.165) is 33.5 Å². The Balaban J connectivity index is 1.81. The van der Waals surface area contributed by atoms with Crippen LogP contribution >= 0.6 is 0 Å². The Kier molecular flexibility index (Phi) is 4.38. The molecular weight excluding hydrogens is 318 g/mol. The molecule has 1 N–H and O–H groups in total. The topological polar surface area (TPSA) is 69.3 Å². The Morgan fingerprint density at radius 3 is 2.96 bits per heavy atom. The second-order valence-corrected chi connectivity index (χ2v) is 6.30. The molecule has 4 bridgehead atoms. The fourth-order valence-corrected chi connectivity index (χ4v) is 2.99. The quantitative estimate of drug-likeness (QED) is 0.679. The zero-order chi connectivity index (χ0) is 17.2. The molecule has 6 nitrogen and oxygen atoms in total. The van der Waals surface area contributed by atoms with E-state index in [2.05, 4.69) is 21.2 Å². The van der Waals surface area contributed by atoms with E-state index in [1.165, 1.54) is 0 Å². The average molecular weight is 339 g/mol. The molecule has 1 aliphatic rings. The highest BCUT2D eigenvalue weighted by molar-refractivity contribution is 5.93. The fraction of sp³-hybridized carbons (Fsp3) is 0.368. The summed E-state index contributed by atoms with van der Waals surface area (Å²) in [6.45, 7) is 5.59. The molecule has 6 heteroatoms. The van der Waals surface area contributed by atoms with E-state index in [9.17, 15) is 0 Å². The number of nitrogens with one attached hydrogen (secondary N) is 1. The summed E-state index contributed by atoms with van der Waals surface area (Å²) in [5.41, 5.74) is 3.80. The van der Waals surface area contributed by atoms with Gasteiger partial charge in [0.2, 0.25) is 0 Å². The van der Waals surface area contributed by atoms with Gasteiger partial charge in [0.05, 0.1) is 31.4 Å². The van der Waals surface area contributed by atoms with Crippen molar-refractivity contribution in [2.75, 3.05) is 19.8 Å². The molecule has 2 aromatic heterocycles. The zero-order valence-electron chi connectivity index (χ0n) is 14.4. The van der Waals surface area contributed by atoms with Crippen LogP contribution in [0.3, 0.4) is 0 Å². The lowest BCUT2D eigenvalue weighted by Crippen LogP contribution is -2.20. The highest BCUT2D eigenvalue weighted by Gasteiger charge is 2.14. The highest BCUT2D eigenvalue weighted by atomic mass is 16.6. The number of fused-ring (bicyclic) bond motifs is 4. The average Bonchev–Trinajstić information content (AvgIpc) is 3.04. The van der Waals surface area contributed by atoms with Crippen LogP contribution in [0.5, 0.6) is 5.75 Å². The number of rotatable bonds is 0. The van der Waals surface area contributed by atoms with E-state index < -0.39 is 0 Å². The molecular formula is C19H21N3O3. The number of hydrogen-bond donors (Lipinski definition) is 1. The molecule has 4 rings (SSSR count). The second-order valence-electron chi connectivity index (χ2n) is 6.30. The van der Waals surface area contributed by atoms with Crippen LogP contribution in [-0.2, 0) is 9.47 Å². The molecule has 25 heavy (non-hydrogen) atoms. The van der Waals surface area contributed by atoms with Gasteiger partial charge in [-0.1, -0.05) is 0 Å². The normalized spacial score (nSPS) is 21.5. The smallest absolute Gasteiger partial charge is 0.120 e. The molecule has 1 aliphatic heterocycles. The molecule has 0 amide bonds. The van der Waals surface area contributed by atoms with Gasteiger partial charge in [-0.3, -0.25) is 10.1 Å². The Labute approximate surface area is 146 Å². The summed E-state index contributed by atoms with van der Waals surface area (Å²) in [5, 5.41) is 8.56. The summed E-state index contributed by atoms with van der Waals surface area (Å²) in [7, 11) is 0. The third-order valence-electron chi connectivity index (χ3n) is 4.32. The first kappa shape index (κ1) is 16.1. The minimum Gasteiger partial charge on any atom is -0.488 e. The predicted octanol–water partition coefficient (Wildman–Crippen LogP) is 3.50. The van der Waals surface area contributed by atoms with Gasteiger partial charge >= 0.3 is 0 Å². The van der Waals surface area contributed by atoms with Gasteiger partial charge in [-0.05, 0) is 43.7 Å². The standard InChI is InChI=1S/C19H21N3O3/c1-12-11-23-5-6-24-13(2)14-7-15(10-20-9-14)19-17-8-16(25-12)3-4-18(17)21-22-19/h3-4,7-10,12-13H,5-6,11H2,1-2H3,(H,21,22)/t12-,13+/m1/s1. The van der Waals surface area contributed by atoms with Crippen LogP contribution in [0, 0.1) is 0 Å². The molecule has 0 saturated heterocycles. The van der Waals surface area contributed by atoms with Crippen molar-refractivity contribution in [1.29, 1.82) is 0 Å². The van der Waals surface area contributed by atoms with Crippen LogP contribution in [0.4, 0.5) is 0 Å². The molecule has 0 unspecified atom stereocenters. The Morgan fingerprint density at radius 1 is 1.12 bits per heavy atom. The number of ether oxygens (including phenoxy) is 3. The van der Waals surface area contributed by atoms with Gasteiger partial charge in [0.25, 0.3) is 0 Å². The van der Waals surface area contributed by atoms with Gasteiger partial charge in [-0.25, -0.2) is 0 Å². The van der Waals surface area contributed by atoms with E-state index in [4.69, 9.17) is 14.2 Å². The summed E-state index contributed by atoms with van der Waals surface area (Å²) in [5.74, 6) is 0.801. The van der Waals surface area contributed by atoms with Gasteiger partial charge in [-0.15, -0.1) is 0 Å². The lowest BCUT2D eigenvalue weighted by atomic mass is 10.1. The molecule has 1 aromatic carbocycles. The summed E-state index contributed by atoms with van der Waals surface area (Å²) in [4.78, 5) is 4.37. The summed E-state index contributed by atoms with van der Waals surface area (Å²) >= 11 is 0. The number of H-pyrrole nitrogens is 1. The van der Waals surface area contributed by atoms with Crippen molar-refractivity contribution in [3.63, 3.8) is 0 Å². The van der Waals surface area contributed by atoms with Crippen molar-refractivity contribution in [1.82, 2.24) is 15.2 Å². The third-order valence-corrected chi connectivity index (χ3v) is 4.32. The van der Waals surface area contributed by atoms with E-state index >= 15 is 0 Å². The van der Waals surface area contributed by atoms with Crippen molar-refractivity contribution in [3.05, 3.63) is 42.2 Å². The third kappa shape index (κ3) is 3.36. The first-order chi connectivity index (χ1) is 12.2. The first-order valence-electron chi connectivity index (χ1n) is 8.50. The van der Waals surface area contributed by atoms with Gasteiger partial charge in [0.1, 0.15) is 17.5 Å². The summed E-state index contributed by atoms with van der Waals surface area (Å²) in [6, 6.07) is 8.01. The molecule has 2 atom stereocenters. The van der Waals surface area contributed by atoms with Crippen LogP contribution in [-0.4, -0.2) is 41.1 Å². The minimum atomic E-state index is -0.0596. The number of hydrogen-bond acceptors (Lipinski definition) is 5.